The fourth-order valence-electron chi connectivity index (χ4n) is 10.7. The zero-order chi connectivity index (χ0) is 64.7. The van der Waals surface area contributed by atoms with E-state index in [1.165, 1.54) is 212 Å². The number of carboxylic acids is 1. The lowest BCUT2D eigenvalue weighted by Crippen LogP contribution is -2.40. The summed E-state index contributed by atoms with van der Waals surface area (Å²) >= 11 is 0. The van der Waals surface area contributed by atoms with E-state index in [0.29, 0.717) is 17.4 Å². The summed E-state index contributed by atoms with van der Waals surface area (Å²) in [5.41, 5.74) is 0. The van der Waals surface area contributed by atoms with Gasteiger partial charge in [-0.2, -0.15) is 0 Å². The van der Waals surface area contributed by atoms with Crippen LogP contribution in [0, 0.1) is 0 Å². The highest BCUT2D eigenvalue weighted by Crippen LogP contribution is 2.19. The van der Waals surface area contributed by atoms with E-state index in [4.69, 9.17) is 18.9 Å². The van der Waals surface area contributed by atoms with E-state index in [0.717, 1.165) is 96.3 Å². The van der Waals surface area contributed by atoms with Gasteiger partial charge in [-0.1, -0.05) is 329 Å². The number of esters is 2. The molecule has 0 amide bonds. The number of hydrogen-bond donors (Lipinski definition) is 1. The van der Waals surface area contributed by atoms with Gasteiger partial charge in [0.25, 0.3) is 6.29 Å². The van der Waals surface area contributed by atoms with E-state index < -0.39 is 24.3 Å². The number of carbonyl (C=O) groups is 3. The molecule has 0 heterocycles. The van der Waals surface area contributed by atoms with Crippen LogP contribution in [0.4, 0.5) is 0 Å². The highest BCUT2D eigenvalue weighted by molar-refractivity contribution is 5.71. The standard InChI is InChI=1S/C80H141NO8/c1-6-8-10-12-14-16-18-20-22-24-26-28-30-31-32-33-34-35-36-37-38-39-40-41-42-43-44-45-46-47-49-51-53-55-57-59-61-63-65-67-69-71-78(83)89-76(75-88-80(79(84)85)86-73-72-81(3,4)5)74-87-77(82)70-68-66-64-62-60-58-56-54-52-50-48-29-27-25-23-21-19-17-15-13-11-9-7-2/h8-11,14-17,20-23,26-29,76,80H,6-7,12-13,18-19,24-25,30-75H2,1-5H3/p+1/b10-8-,11-9-,16-14-,17-15-,22-20-,23-21-,28-26-,29-27-. The Morgan fingerprint density at radius 2 is 0.607 bits per heavy atom. The lowest BCUT2D eigenvalue weighted by Gasteiger charge is -2.25. The molecular formula is C80H142NO8+. The molecule has 0 fully saturated rings. The predicted molar refractivity (Wildman–Crippen MR) is 382 cm³/mol. The Hall–Kier alpha value is -3.79. The van der Waals surface area contributed by atoms with Crippen LogP contribution in [0.3, 0.4) is 0 Å². The third-order valence-corrected chi connectivity index (χ3v) is 16.3. The molecule has 89 heavy (non-hydrogen) atoms. The smallest absolute Gasteiger partial charge is 0.361 e. The van der Waals surface area contributed by atoms with Gasteiger partial charge in [-0.3, -0.25) is 9.59 Å². The van der Waals surface area contributed by atoms with Gasteiger partial charge in [0.1, 0.15) is 13.2 Å². The van der Waals surface area contributed by atoms with Gasteiger partial charge in [0.05, 0.1) is 34.4 Å². The van der Waals surface area contributed by atoms with Crippen molar-refractivity contribution in [2.75, 3.05) is 47.5 Å². The zero-order valence-electron chi connectivity index (χ0n) is 58.8. The van der Waals surface area contributed by atoms with Gasteiger partial charge < -0.3 is 28.5 Å². The summed E-state index contributed by atoms with van der Waals surface area (Å²) in [7, 11) is 5.98. The molecule has 0 aliphatic carbocycles. The fraction of sp³-hybridized carbons (Fsp3) is 0.762. The summed E-state index contributed by atoms with van der Waals surface area (Å²) in [6.07, 6.45) is 94.1. The number of ether oxygens (including phenoxy) is 4. The normalized spacial score (nSPS) is 13.2. The van der Waals surface area contributed by atoms with E-state index in [1.54, 1.807) is 0 Å². The van der Waals surface area contributed by atoms with E-state index in [1.807, 2.05) is 21.1 Å². The average Bonchev–Trinajstić information content (AvgIpc) is 3.64. The SMILES string of the molecule is CC/C=C\C/C=C\C/C=C\C/C=C\CCCCCCCCCCCCCCCCCCCCCCCCCCCCCCC(=O)OC(COC(=O)CCCCCCCCCCCC/C=C\C/C=C\C/C=C\C/C=C\CC)COC(OCC[N+](C)(C)C)C(=O)O. The Labute approximate surface area is 550 Å². The molecule has 1 N–H and O–H groups in total. The van der Waals surface area contributed by atoms with E-state index in [2.05, 4.69) is 111 Å². The van der Waals surface area contributed by atoms with Crippen LogP contribution >= 0.6 is 0 Å². The molecule has 514 valence electrons. The first-order chi connectivity index (χ1) is 43.6. The van der Waals surface area contributed by atoms with E-state index >= 15 is 0 Å². The Bertz CT molecular complexity index is 1790. The number of allylic oxidation sites excluding steroid dienone is 16. The third-order valence-electron chi connectivity index (χ3n) is 16.3. The van der Waals surface area contributed by atoms with Crippen molar-refractivity contribution in [1.29, 1.82) is 0 Å². The maximum absolute atomic E-state index is 13.0. The van der Waals surface area contributed by atoms with Crippen molar-refractivity contribution in [3.63, 3.8) is 0 Å². The second kappa shape index (κ2) is 70.1. The number of aliphatic carboxylic acids is 1. The van der Waals surface area contributed by atoms with Crippen molar-refractivity contribution in [1.82, 2.24) is 0 Å². The minimum absolute atomic E-state index is 0.184. The molecule has 0 aliphatic rings. The van der Waals surface area contributed by atoms with Gasteiger partial charge in [0, 0.05) is 12.8 Å². The lowest BCUT2D eigenvalue weighted by atomic mass is 10.0. The van der Waals surface area contributed by atoms with Crippen molar-refractivity contribution >= 4 is 17.9 Å². The summed E-state index contributed by atoms with van der Waals surface area (Å²) in [5, 5.41) is 9.75. The van der Waals surface area contributed by atoms with Gasteiger partial charge in [-0.05, 0) is 89.9 Å². The quantitative estimate of drug-likeness (QED) is 0.0211. The van der Waals surface area contributed by atoms with Gasteiger partial charge in [-0.15, -0.1) is 0 Å². The van der Waals surface area contributed by atoms with E-state index in [-0.39, 0.29) is 32.2 Å². The maximum Gasteiger partial charge on any atom is 0.361 e. The highest BCUT2D eigenvalue weighted by Gasteiger charge is 2.25. The molecule has 2 unspecified atom stereocenters. The van der Waals surface area contributed by atoms with Crippen molar-refractivity contribution in [3.8, 4) is 0 Å². The molecule has 0 aliphatic heterocycles. The third kappa shape index (κ3) is 71.5. The molecule has 0 aromatic heterocycles. The first-order valence-corrected chi connectivity index (χ1v) is 37.4. The largest absolute Gasteiger partial charge is 0.477 e. The minimum Gasteiger partial charge on any atom is -0.477 e. The van der Waals surface area contributed by atoms with Crippen LogP contribution < -0.4 is 0 Å². The first kappa shape index (κ1) is 85.2. The maximum atomic E-state index is 13.0. The number of rotatable bonds is 69. The molecule has 9 heteroatoms. The van der Waals surface area contributed by atoms with Crippen LogP contribution in [-0.2, 0) is 33.3 Å². The minimum atomic E-state index is -1.51. The zero-order valence-corrected chi connectivity index (χ0v) is 58.8. The molecule has 0 bridgehead atoms. The molecule has 0 aromatic rings. The molecule has 9 nitrogen and oxygen atoms in total. The number of hydrogen-bond acceptors (Lipinski definition) is 7. The number of unbranched alkanes of at least 4 members (excludes halogenated alkanes) is 38. The Balaban J connectivity index is 3.97. The van der Waals surface area contributed by atoms with Crippen LogP contribution in [0.2, 0.25) is 0 Å². The molecule has 0 saturated heterocycles. The predicted octanol–water partition coefficient (Wildman–Crippen LogP) is 23.6. The highest BCUT2D eigenvalue weighted by atomic mass is 16.7. The Morgan fingerprint density at radius 1 is 0.337 bits per heavy atom. The molecule has 0 aromatic carbocycles. The summed E-state index contributed by atoms with van der Waals surface area (Å²) in [4.78, 5) is 37.6. The van der Waals surface area contributed by atoms with Crippen LogP contribution in [0.25, 0.3) is 0 Å². The summed E-state index contributed by atoms with van der Waals surface area (Å²) < 4.78 is 23.0. The molecule has 0 saturated carbocycles. The molecule has 0 radical (unpaired) electrons. The van der Waals surface area contributed by atoms with Crippen molar-refractivity contribution in [2.24, 2.45) is 0 Å². The second-order valence-corrected chi connectivity index (χ2v) is 26.2. The number of carboxylic acid groups (broad SMARTS) is 1. The molecule has 0 spiro atoms. The number of likely N-dealkylation sites (N-methyl/N-ethyl adjacent to an activating group) is 1. The summed E-state index contributed by atoms with van der Waals surface area (Å²) in [5.74, 6) is -2.00. The van der Waals surface area contributed by atoms with Gasteiger partial charge in [-0.25, -0.2) is 4.79 Å². The fourth-order valence-corrected chi connectivity index (χ4v) is 10.7. The van der Waals surface area contributed by atoms with Gasteiger partial charge in [0.2, 0.25) is 0 Å². The van der Waals surface area contributed by atoms with Crippen molar-refractivity contribution < 1.29 is 42.9 Å². The van der Waals surface area contributed by atoms with Gasteiger partial charge in [0.15, 0.2) is 6.10 Å². The molecule has 2 atom stereocenters. The average molecular weight is 1250 g/mol. The van der Waals surface area contributed by atoms with Gasteiger partial charge >= 0.3 is 17.9 Å². The summed E-state index contributed by atoms with van der Waals surface area (Å²) in [6.45, 7) is 4.68. The number of carbonyl (C=O) groups excluding carboxylic acids is 2. The van der Waals surface area contributed by atoms with Crippen LogP contribution in [0.1, 0.15) is 335 Å². The second-order valence-electron chi connectivity index (χ2n) is 26.2. The Kier molecular flexibility index (Phi) is 67.1. The Morgan fingerprint density at radius 3 is 0.899 bits per heavy atom. The van der Waals surface area contributed by atoms with Crippen molar-refractivity contribution in [2.45, 2.75) is 347 Å². The number of quaternary nitrogens is 1. The number of nitrogens with zero attached hydrogens (tertiary/aromatic N) is 1. The van der Waals surface area contributed by atoms with Crippen LogP contribution in [0.15, 0.2) is 97.2 Å². The van der Waals surface area contributed by atoms with Crippen LogP contribution in [-0.4, -0.2) is 87.4 Å². The molecular weight excluding hydrogens is 1100 g/mol. The first-order valence-electron chi connectivity index (χ1n) is 37.4. The topological polar surface area (TPSA) is 108 Å². The van der Waals surface area contributed by atoms with E-state index in [9.17, 15) is 19.5 Å². The molecule has 0 rings (SSSR count). The monoisotopic (exact) mass is 1250 g/mol. The lowest BCUT2D eigenvalue weighted by molar-refractivity contribution is -0.870. The van der Waals surface area contributed by atoms with Crippen molar-refractivity contribution in [3.05, 3.63) is 97.2 Å². The summed E-state index contributed by atoms with van der Waals surface area (Å²) in [6, 6.07) is 0. The van der Waals surface area contributed by atoms with Crippen LogP contribution in [0.5, 0.6) is 0 Å².